The number of anilines is 4. The third kappa shape index (κ3) is 5.34. The summed E-state index contributed by atoms with van der Waals surface area (Å²) in [5.74, 6) is -0.478. The van der Waals surface area contributed by atoms with E-state index in [1.165, 1.54) is 12.1 Å². The summed E-state index contributed by atoms with van der Waals surface area (Å²) < 4.78 is 15.1. The van der Waals surface area contributed by atoms with E-state index < -0.39 is 0 Å². The zero-order valence-corrected chi connectivity index (χ0v) is 21.1. The Bertz CT molecular complexity index is 1500. The number of aliphatic hydroxyl groups excluding tert-OH is 1. The Balaban J connectivity index is 1.48. The first-order chi connectivity index (χ1) is 18.4. The van der Waals surface area contributed by atoms with Gasteiger partial charge in [-0.1, -0.05) is 30.8 Å². The minimum Gasteiger partial charge on any atom is -0.392 e. The number of hydrogen-bond acceptors (Lipinski definition) is 7. The van der Waals surface area contributed by atoms with Crippen LogP contribution in [0.5, 0.6) is 0 Å². The number of nitrogens with one attached hydrogen (secondary N) is 2. The van der Waals surface area contributed by atoms with E-state index in [1.54, 1.807) is 24.4 Å². The average Bonchev–Trinajstić information content (AvgIpc) is 2.94. The van der Waals surface area contributed by atoms with Gasteiger partial charge in [0.05, 0.1) is 17.8 Å². The Morgan fingerprint density at radius 3 is 2.68 bits per heavy atom. The van der Waals surface area contributed by atoms with Gasteiger partial charge in [0, 0.05) is 54.7 Å². The molecule has 2 heterocycles. The van der Waals surface area contributed by atoms with Crippen molar-refractivity contribution in [1.82, 2.24) is 14.9 Å². The van der Waals surface area contributed by atoms with E-state index in [0.29, 0.717) is 22.3 Å². The molecule has 3 N–H and O–H groups in total. The standard InChI is InChI=1S/C29H29FN6O2/c1-3-26(38)32-22-6-4-5-19(15-22)27-21(18-37)8-7-20-17-31-29(34-28(20)27)33-25-10-9-23(16-24(25)30)36-13-11-35(2)12-14-36/h3-10,15-17,37H,1,11-14,18H2,2H3,(H,32,38)(H,31,33,34). The van der Waals surface area contributed by atoms with Crippen LogP contribution in [-0.2, 0) is 11.4 Å². The van der Waals surface area contributed by atoms with Crippen LogP contribution in [0.1, 0.15) is 5.56 Å². The third-order valence-electron chi connectivity index (χ3n) is 6.68. The Kier molecular flexibility index (Phi) is 7.30. The Morgan fingerprint density at radius 2 is 1.95 bits per heavy atom. The fraction of sp³-hybridized carbons (Fsp3) is 0.207. The number of aliphatic hydroxyl groups is 1. The first-order valence-electron chi connectivity index (χ1n) is 12.4. The van der Waals surface area contributed by atoms with E-state index in [4.69, 9.17) is 4.98 Å². The summed E-state index contributed by atoms with van der Waals surface area (Å²) in [5, 5.41) is 16.6. The highest BCUT2D eigenvalue weighted by Crippen LogP contribution is 2.34. The molecule has 0 atom stereocenters. The number of nitrogens with zero attached hydrogens (tertiary/aromatic N) is 4. The Labute approximate surface area is 220 Å². The topological polar surface area (TPSA) is 93.6 Å². The molecule has 194 valence electrons. The van der Waals surface area contributed by atoms with Crippen molar-refractivity contribution in [1.29, 1.82) is 0 Å². The number of rotatable bonds is 7. The number of benzene rings is 3. The van der Waals surface area contributed by atoms with Crippen LogP contribution < -0.4 is 15.5 Å². The highest BCUT2D eigenvalue weighted by atomic mass is 19.1. The lowest BCUT2D eigenvalue weighted by Gasteiger charge is -2.34. The van der Waals surface area contributed by atoms with Gasteiger partial charge in [0.2, 0.25) is 11.9 Å². The van der Waals surface area contributed by atoms with E-state index in [-0.39, 0.29) is 30.0 Å². The largest absolute Gasteiger partial charge is 0.392 e. The molecule has 0 aliphatic carbocycles. The number of carbonyl (C=O) groups is 1. The molecule has 5 rings (SSSR count). The molecule has 8 nitrogen and oxygen atoms in total. The maximum Gasteiger partial charge on any atom is 0.247 e. The summed E-state index contributed by atoms with van der Waals surface area (Å²) in [4.78, 5) is 25.3. The van der Waals surface area contributed by atoms with Crippen molar-refractivity contribution in [2.75, 3.05) is 48.8 Å². The molecule has 4 aromatic rings. The molecule has 1 aliphatic rings. The lowest BCUT2D eigenvalue weighted by atomic mass is 9.96. The Morgan fingerprint density at radius 1 is 1.13 bits per heavy atom. The molecule has 1 saturated heterocycles. The van der Waals surface area contributed by atoms with Crippen molar-refractivity contribution in [2.45, 2.75) is 6.61 Å². The first kappa shape index (κ1) is 25.3. The molecule has 0 bridgehead atoms. The van der Waals surface area contributed by atoms with Gasteiger partial charge in [0.25, 0.3) is 0 Å². The SMILES string of the molecule is C=CC(=O)Nc1cccc(-c2c(CO)ccc3cnc(Nc4ccc(N5CCN(C)CC5)cc4F)nc23)c1. The lowest BCUT2D eigenvalue weighted by molar-refractivity contribution is -0.111. The van der Waals surface area contributed by atoms with E-state index in [9.17, 15) is 9.90 Å². The average molecular weight is 513 g/mol. The maximum absolute atomic E-state index is 15.1. The third-order valence-corrected chi connectivity index (χ3v) is 6.68. The quantitative estimate of drug-likeness (QED) is 0.313. The summed E-state index contributed by atoms with van der Waals surface area (Å²) in [6.07, 6.45) is 2.86. The summed E-state index contributed by atoms with van der Waals surface area (Å²) in [6, 6.07) is 16.1. The zero-order chi connectivity index (χ0) is 26.6. The van der Waals surface area contributed by atoms with Gasteiger partial charge < -0.3 is 25.5 Å². The Hall–Kier alpha value is -4.34. The summed E-state index contributed by atoms with van der Waals surface area (Å²) in [7, 11) is 2.08. The lowest BCUT2D eigenvalue weighted by Crippen LogP contribution is -2.44. The number of halogens is 1. The van der Waals surface area contributed by atoms with Crippen LogP contribution in [0.2, 0.25) is 0 Å². The monoisotopic (exact) mass is 512 g/mol. The van der Waals surface area contributed by atoms with Gasteiger partial charge in [0.1, 0.15) is 5.82 Å². The highest BCUT2D eigenvalue weighted by Gasteiger charge is 2.17. The van der Waals surface area contributed by atoms with Crippen LogP contribution in [-0.4, -0.2) is 59.1 Å². The van der Waals surface area contributed by atoms with Gasteiger partial charge in [-0.3, -0.25) is 4.79 Å². The summed E-state index contributed by atoms with van der Waals surface area (Å²) in [5.41, 5.74) is 4.43. The van der Waals surface area contributed by atoms with Gasteiger partial charge in [-0.15, -0.1) is 0 Å². The predicted octanol–water partition coefficient (Wildman–Crippen LogP) is 4.55. The summed E-state index contributed by atoms with van der Waals surface area (Å²) >= 11 is 0. The second kappa shape index (κ2) is 11.0. The number of aromatic nitrogens is 2. The van der Waals surface area contributed by atoms with Crippen LogP contribution in [0.4, 0.5) is 27.4 Å². The molecule has 1 amide bonds. The van der Waals surface area contributed by atoms with Gasteiger partial charge in [0.15, 0.2) is 0 Å². The van der Waals surface area contributed by atoms with Crippen molar-refractivity contribution in [3.05, 3.63) is 84.8 Å². The smallest absolute Gasteiger partial charge is 0.247 e. The summed E-state index contributed by atoms with van der Waals surface area (Å²) in [6.45, 7) is 6.86. The minimum atomic E-state index is -0.389. The molecule has 0 spiro atoms. The van der Waals surface area contributed by atoms with Gasteiger partial charge in [-0.2, -0.15) is 0 Å². The van der Waals surface area contributed by atoms with Crippen LogP contribution in [0.15, 0.2) is 73.4 Å². The van der Waals surface area contributed by atoms with E-state index in [1.807, 2.05) is 30.3 Å². The number of fused-ring (bicyclic) bond motifs is 1. The minimum absolute atomic E-state index is 0.205. The molecule has 0 unspecified atom stereocenters. The molecule has 1 fully saturated rings. The number of piperazine rings is 1. The van der Waals surface area contributed by atoms with Crippen LogP contribution >= 0.6 is 0 Å². The molecule has 0 saturated carbocycles. The zero-order valence-electron chi connectivity index (χ0n) is 21.1. The van der Waals surface area contributed by atoms with Crippen LogP contribution in [0.3, 0.4) is 0 Å². The fourth-order valence-corrected chi connectivity index (χ4v) is 4.59. The van der Waals surface area contributed by atoms with E-state index in [0.717, 1.165) is 42.8 Å². The van der Waals surface area contributed by atoms with Crippen molar-refractivity contribution in [3.8, 4) is 11.1 Å². The molecule has 9 heteroatoms. The van der Waals surface area contributed by atoms with Gasteiger partial charge in [-0.25, -0.2) is 14.4 Å². The molecule has 1 aliphatic heterocycles. The van der Waals surface area contributed by atoms with Crippen molar-refractivity contribution in [2.24, 2.45) is 0 Å². The molecular formula is C29H29FN6O2. The molecule has 3 aromatic carbocycles. The number of carbonyl (C=O) groups excluding carboxylic acids is 1. The fourth-order valence-electron chi connectivity index (χ4n) is 4.59. The molecule has 1 aromatic heterocycles. The highest BCUT2D eigenvalue weighted by molar-refractivity contribution is 6.00. The number of likely N-dealkylation sites (N-methyl/N-ethyl adjacent to an activating group) is 1. The second-order valence-electron chi connectivity index (χ2n) is 9.24. The normalized spacial score (nSPS) is 13.9. The second-order valence-corrected chi connectivity index (χ2v) is 9.24. The molecule has 38 heavy (non-hydrogen) atoms. The van der Waals surface area contributed by atoms with Crippen LogP contribution in [0.25, 0.3) is 22.0 Å². The van der Waals surface area contributed by atoms with E-state index >= 15 is 4.39 Å². The first-order valence-corrected chi connectivity index (χ1v) is 12.4. The van der Waals surface area contributed by atoms with Crippen molar-refractivity contribution in [3.63, 3.8) is 0 Å². The predicted molar refractivity (Wildman–Crippen MR) is 149 cm³/mol. The van der Waals surface area contributed by atoms with Crippen molar-refractivity contribution >= 4 is 39.8 Å². The van der Waals surface area contributed by atoms with Gasteiger partial charge in [-0.05, 0) is 54.6 Å². The van der Waals surface area contributed by atoms with Crippen molar-refractivity contribution < 1.29 is 14.3 Å². The molecular weight excluding hydrogens is 483 g/mol. The van der Waals surface area contributed by atoms with Gasteiger partial charge >= 0.3 is 0 Å². The number of amides is 1. The molecule has 0 radical (unpaired) electrons. The van der Waals surface area contributed by atoms with Crippen LogP contribution in [0, 0.1) is 5.82 Å². The number of hydrogen-bond donors (Lipinski definition) is 3. The maximum atomic E-state index is 15.1. The van der Waals surface area contributed by atoms with E-state index in [2.05, 4.69) is 39.0 Å².